The van der Waals surface area contributed by atoms with Gasteiger partial charge < -0.3 is 9.84 Å². The molecule has 0 aromatic heterocycles. The molecule has 0 heterocycles. The molecule has 27 heavy (non-hydrogen) atoms. The molecule has 4 fully saturated rings. The van der Waals surface area contributed by atoms with E-state index in [0.717, 1.165) is 32.1 Å². The Morgan fingerprint density at radius 2 is 1.70 bits per heavy atom. The van der Waals surface area contributed by atoms with Crippen LogP contribution in [0.3, 0.4) is 0 Å². The van der Waals surface area contributed by atoms with E-state index in [0.29, 0.717) is 35.9 Å². The summed E-state index contributed by atoms with van der Waals surface area (Å²) in [6.45, 7) is 7.98. The molecule has 1 N–H and O–H groups in total. The van der Waals surface area contributed by atoms with Gasteiger partial charge >= 0.3 is 5.97 Å². The maximum Gasteiger partial charge on any atom is 0.302 e. The van der Waals surface area contributed by atoms with Crippen LogP contribution in [-0.4, -0.2) is 29.1 Å². The van der Waals surface area contributed by atoms with Crippen molar-refractivity contribution in [3.8, 4) is 0 Å². The van der Waals surface area contributed by atoms with Gasteiger partial charge in [-0.15, -0.1) is 0 Å². The number of ketones is 1. The van der Waals surface area contributed by atoms with Gasteiger partial charge in [0.1, 0.15) is 11.9 Å². The van der Waals surface area contributed by atoms with Crippen LogP contribution >= 0.6 is 0 Å². The molecule has 0 bridgehead atoms. The topological polar surface area (TPSA) is 63.6 Å². The maximum absolute atomic E-state index is 12.3. The van der Waals surface area contributed by atoms with Crippen LogP contribution in [0, 0.1) is 40.4 Å². The predicted molar refractivity (Wildman–Crippen MR) is 103 cm³/mol. The number of fused-ring (bicyclic) bond motifs is 5. The minimum Gasteiger partial charge on any atom is -0.462 e. The number of esters is 1. The van der Waals surface area contributed by atoms with Crippen LogP contribution in [0.5, 0.6) is 0 Å². The first kappa shape index (κ1) is 19.4. The summed E-state index contributed by atoms with van der Waals surface area (Å²) in [5, 5.41) is 10.4. The van der Waals surface area contributed by atoms with E-state index in [1.54, 1.807) is 6.92 Å². The number of ether oxygens (including phenoxy) is 1. The molecule has 4 aliphatic rings. The Hall–Kier alpha value is -0.900. The van der Waals surface area contributed by atoms with E-state index in [2.05, 4.69) is 13.8 Å². The van der Waals surface area contributed by atoms with Crippen LogP contribution in [0.25, 0.3) is 0 Å². The van der Waals surface area contributed by atoms with E-state index < -0.39 is 0 Å². The minimum atomic E-state index is -0.355. The summed E-state index contributed by atoms with van der Waals surface area (Å²) >= 11 is 0. The van der Waals surface area contributed by atoms with E-state index in [-0.39, 0.29) is 34.9 Å². The van der Waals surface area contributed by atoms with Crippen LogP contribution < -0.4 is 0 Å². The molecule has 9 atom stereocenters. The highest BCUT2D eigenvalue weighted by Gasteiger charge is 2.63. The average Bonchev–Trinajstić information content (AvgIpc) is 2.93. The Morgan fingerprint density at radius 1 is 0.963 bits per heavy atom. The highest BCUT2D eigenvalue weighted by Crippen LogP contribution is 2.67. The number of aliphatic hydroxyl groups excluding tert-OH is 1. The summed E-state index contributed by atoms with van der Waals surface area (Å²) in [5.74, 6) is 2.59. The highest BCUT2D eigenvalue weighted by molar-refractivity contribution is 5.79. The summed E-state index contributed by atoms with van der Waals surface area (Å²) in [6, 6.07) is 0. The number of carbonyl (C=O) groups excluding carboxylic acids is 2. The molecule has 0 aromatic carbocycles. The Bertz CT molecular complexity index is 630. The van der Waals surface area contributed by atoms with Crippen molar-refractivity contribution >= 4 is 11.8 Å². The summed E-state index contributed by atoms with van der Waals surface area (Å²) in [5.41, 5.74) is 0.116. The van der Waals surface area contributed by atoms with E-state index >= 15 is 0 Å². The van der Waals surface area contributed by atoms with Gasteiger partial charge in [-0.2, -0.15) is 0 Å². The molecule has 4 saturated carbocycles. The first-order valence-corrected chi connectivity index (χ1v) is 11.0. The number of carbonyl (C=O) groups is 2. The second-order valence-electron chi connectivity index (χ2n) is 10.5. The largest absolute Gasteiger partial charge is 0.462 e. The third-order valence-corrected chi connectivity index (χ3v) is 9.50. The summed E-state index contributed by atoms with van der Waals surface area (Å²) in [6.07, 6.45) is 7.67. The quantitative estimate of drug-likeness (QED) is 0.736. The lowest BCUT2D eigenvalue weighted by Gasteiger charge is -2.62. The molecule has 4 rings (SSSR count). The van der Waals surface area contributed by atoms with Crippen LogP contribution in [-0.2, 0) is 14.3 Å². The van der Waals surface area contributed by atoms with Crippen molar-refractivity contribution in [2.24, 2.45) is 40.4 Å². The van der Waals surface area contributed by atoms with Crippen molar-refractivity contribution in [3.63, 3.8) is 0 Å². The monoisotopic (exact) mass is 376 g/mol. The third-order valence-electron chi connectivity index (χ3n) is 9.50. The second kappa shape index (κ2) is 6.57. The van der Waals surface area contributed by atoms with Gasteiger partial charge in [-0.05, 0) is 81.0 Å². The Balaban J connectivity index is 1.66. The molecule has 4 aliphatic carbocycles. The van der Waals surface area contributed by atoms with Crippen molar-refractivity contribution < 1.29 is 19.4 Å². The third kappa shape index (κ3) is 2.81. The molecule has 0 radical (unpaired) electrons. The first-order chi connectivity index (χ1) is 12.7. The second-order valence-corrected chi connectivity index (χ2v) is 10.5. The maximum atomic E-state index is 12.3. The van der Waals surface area contributed by atoms with Gasteiger partial charge in [0.15, 0.2) is 0 Å². The molecule has 0 aromatic rings. The van der Waals surface area contributed by atoms with Crippen molar-refractivity contribution in [2.45, 2.75) is 91.3 Å². The van der Waals surface area contributed by atoms with Crippen molar-refractivity contribution in [2.75, 3.05) is 0 Å². The van der Waals surface area contributed by atoms with Gasteiger partial charge in [-0.25, -0.2) is 0 Å². The highest BCUT2D eigenvalue weighted by atomic mass is 16.5. The van der Waals surface area contributed by atoms with Crippen LogP contribution in [0.1, 0.15) is 79.1 Å². The van der Waals surface area contributed by atoms with Crippen molar-refractivity contribution in [1.82, 2.24) is 0 Å². The van der Waals surface area contributed by atoms with Gasteiger partial charge in [0, 0.05) is 24.7 Å². The lowest BCUT2D eigenvalue weighted by Crippen LogP contribution is -2.60. The molecule has 0 aliphatic heterocycles. The molecule has 4 nitrogen and oxygen atoms in total. The zero-order valence-electron chi connectivity index (χ0n) is 17.4. The fourth-order valence-electron chi connectivity index (χ4n) is 8.31. The van der Waals surface area contributed by atoms with E-state index in [4.69, 9.17) is 4.74 Å². The van der Waals surface area contributed by atoms with Crippen LogP contribution in [0.2, 0.25) is 0 Å². The fourth-order valence-corrected chi connectivity index (χ4v) is 8.31. The Labute approximate surface area is 163 Å². The lowest BCUT2D eigenvalue weighted by atomic mass is 9.44. The van der Waals surface area contributed by atoms with Crippen LogP contribution in [0.4, 0.5) is 0 Å². The molecule has 0 saturated heterocycles. The zero-order chi connectivity index (χ0) is 19.6. The normalized spacial score (nSPS) is 51.7. The Morgan fingerprint density at radius 3 is 2.37 bits per heavy atom. The summed E-state index contributed by atoms with van der Waals surface area (Å²) < 4.78 is 5.83. The molecule has 5 unspecified atom stereocenters. The summed E-state index contributed by atoms with van der Waals surface area (Å²) in [4.78, 5) is 24.1. The minimum absolute atomic E-state index is 0.0382. The van der Waals surface area contributed by atoms with E-state index in [9.17, 15) is 14.7 Å². The van der Waals surface area contributed by atoms with E-state index in [1.807, 2.05) is 0 Å². The number of hydrogen-bond donors (Lipinski definition) is 1. The van der Waals surface area contributed by atoms with Crippen molar-refractivity contribution in [1.29, 1.82) is 0 Å². The van der Waals surface area contributed by atoms with Gasteiger partial charge in [-0.1, -0.05) is 13.8 Å². The number of Topliss-reactive ketones (excluding diaryl/α,β-unsaturated/α-hetero) is 1. The molecule has 0 amide bonds. The lowest BCUT2D eigenvalue weighted by molar-refractivity contribution is -0.201. The smallest absolute Gasteiger partial charge is 0.302 e. The number of hydrogen-bond acceptors (Lipinski definition) is 4. The standard InChI is InChI=1S/C23H36O4/c1-13(24)18-7-8-19-17-6-5-15-11-16(26)12-21(27-14(2)25)23(15,4)20(17)9-10-22(18,19)3/h15-21,26H,5-12H2,1-4H3/t15?,16-,17?,18+,19?,20?,21?,22+,23+/m0/s1. The predicted octanol–water partition coefficient (Wildman–Crippen LogP) is 4.14. The van der Waals surface area contributed by atoms with Gasteiger partial charge in [0.2, 0.25) is 0 Å². The number of aliphatic hydroxyl groups is 1. The van der Waals surface area contributed by atoms with Gasteiger partial charge in [0.05, 0.1) is 6.10 Å². The molecule has 152 valence electrons. The number of rotatable bonds is 2. The molecular formula is C23H36O4. The molecule has 4 heteroatoms. The summed E-state index contributed by atoms with van der Waals surface area (Å²) in [7, 11) is 0. The van der Waals surface area contributed by atoms with Gasteiger partial charge in [-0.3, -0.25) is 9.59 Å². The van der Waals surface area contributed by atoms with Crippen molar-refractivity contribution in [3.05, 3.63) is 0 Å². The Kier molecular flexibility index (Phi) is 4.73. The fraction of sp³-hybridized carbons (Fsp3) is 0.913. The molecule has 0 spiro atoms. The van der Waals surface area contributed by atoms with E-state index in [1.165, 1.54) is 19.8 Å². The zero-order valence-corrected chi connectivity index (χ0v) is 17.4. The molecular weight excluding hydrogens is 340 g/mol. The average molecular weight is 377 g/mol. The first-order valence-electron chi connectivity index (χ1n) is 11.0. The SMILES string of the molecule is CC(=O)OC1C[C@@H](O)CC2CCC3C(CC[C@@]4(C)C3CC[C@@H]4C(C)=O)[C@@]21C. The van der Waals surface area contributed by atoms with Gasteiger partial charge in [0.25, 0.3) is 0 Å². The van der Waals surface area contributed by atoms with Crippen LogP contribution in [0.15, 0.2) is 0 Å².